The van der Waals surface area contributed by atoms with E-state index in [0.717, 1.165) is 12.1 Å². The molecule has 15 heavy (non-hydrogen) atoms. The van der Waals surface area contributed by atoms with Gasteiger partial charge in [-0.1, -0.05) is 0 Å². The predicted octanol–water partition coefficient (Wildman–Crippen LogP) is 1.93. The van der Waals surface area contributed by atoms with Crippen LogP contribution in [-0.4, -0.2) is 24.3 Å². The zero-order valence-electron chi connectivity index (χ0n) is 8.29. The molecule has 1 aliphatic heterocycles. The van der Waals surface area contributed by atoms with Crippen LogP contribution in [0.5, 0.6) is 0 Å². The number of benzene rings is 1. The van der Waals surface area contributed by atoms with Crippen molar-refractivity contribution >= 4 is 5.69 Å². The van der Waals surface area contributed by atoms with Gasteiger partial charge in [0.25, 0.3) is 0 Å². The van der Waals surface area contributed by atoms with Gasteiger partial charge in [0.15, 0.2) is 0 Å². The van der Waals surface area contributed by atoms with Gasteiger partial charge in [0.05, 0.1) is 11.8 Å². The van der Waals surface area contributed by atoms with Crippen molar-refractivity contribution in [2.45, 2.75) is 18.9 Å². The number of aliphatic hydroxyl groups excluding tert-OH is 1. The highest BCUT2D eigenvalue weighted by Gasteiger charge is 2.19. The first kappa shape index (κ1) is 10.4. The van der Waals surface area contributed by atoms with Crippen LogP contribution in [0.1, 0.15) is 12.8 Å². The fourth-order valence-corrected chi connectivity index (χ4v) is 1.83. The average molecular weight is 213 g/mol. The van der Waals surface area contributed by atoms with Gasteiger partial charge in [0, 0.05) is 19.2 Å². The van der Waals surface area contributed by atoms with Crippen LogP contribution in [0.15, 0.2) is 18.2 Å². The Kier molecular flexibility index (Phi) is 2.86. The van der Waals surface area contributed by atoms with Crippen LogP contribution in [0.4, 0.5) is 14.5 Å². The third-order valence-corrected chi connectivity index (χ3v) is 2.71. The maximum atomic E-state index is 13.4. The van der Waals surface area contributed by atoms with Gasteiger partial charge >= 0.3 is 0 Å². The summed E-state index contributed by atoms with van der Waals surface area (Å²) in [6.07, 6.45) is 0.907. The molecule has 1 aromatic rings. The lowest BCUT2D eigenvalue weighted by atomic mass is 10.1. The minimum Gasteiger partial charge on any atom is -0.393 e. The molecule has 0 unspecified atom stereocenters. The van der Waals surface area contributed by atoms with Crippen molar-refractivity contribution in [1.82, 2.24) is 0 Å². The van der Waals surface area contributed by atoms with Crippen molar-refractivity contribution in [2.24, 2.45) is 0 Å². The number of nitrogens with zero attached hydrogens (tertiary/aromatic N) is 1. The largest absolute Gasteiger partial charge is 0.393 e. The zero-order chi connectivity index (χ0) is 10.8. The number of hydrogen-bond donors (Lipinski definition) is 1. The monoisotopic (exact) mass is 213 g/mol. The van der Waals surface area contributed by atoms with E-state index in [1.165, 1.54) is 6.07 Å². The van der Waals surface area contributed by atoms with E-state index in [4.69, 9.17) is 0 Å². The van der Waals surface area contributed by atoms with E-state index in [9.17, 15) is 13.9 Å². The first-order valence-electron chi connectivity index (χ1n) is 5.05. The Labute approximate surface area is 87.1 Å². The molecule has 1 aliphatic rings. The summed E-state index contributed by atoms with van der Waals surface area (Å²) in [6.45, 7) is 1.14. The molecule has 0 spiro atoms. The second-order valence-corrected chi connectivity index (χ2v) is 3.81. The van der Waals surface area contributed by atoms with Crippen LogP contribution >= 0.6 is 0 Å². The standard InChI is InChI=1S/C11H13F2NO/c12-8-1-2-10(13)11(7-8)14-5-3-9(15)4-6-14/h1-2,7,9,15H,3-6H2. The molecule has 0 bridgehead atoms. The van der Waals surface area contributed by atoms with E-state index in [1.807, 2.05) is 0 Å². The molecule has 1 fully saturated rings. The number of rotatable bonds is 1. The summed E-state index contributed by atoms with van der Waals surface area (Å²) in [5, 5.41) is 9.30. The smallest absolute Gasteiger partial charge is 0.146 e. The van der Waals surface area contributed by atoms with Crippen molar-refractivity contribution in [3.8, 4) is 0 Å². The Hall–Kier alpha value is -1.16. The quantitative estimate of drug-likeness (QED) is 0.770. The fraction of sp³-hybridized carbons (Fsp3) is 0.455. The van der Waals surface area contributed by atoms with E-state index < -0.39 is 11.6 Å². The molecule has 1 N–H and O–H groups in total. The molecule has 1 aromatic carbocycles. The van der Waals surface area contributed by atoms with Crippen LogP contribution in [0.3, 0.4) is 0 Å². The minimum atomic E-state index is -0.433. The lowest BCUT2D eigenvalue weighted by molar-refractivity contribution is 0.145. The Balaban J connectivity index is 2.18. The second kappa shape index (κ2) is 4.14. The first-order chi connectivity index (χ1) is 7.16. The van der Waals surface area contributed by atoms with Crippen LogP contribution < -0.4 is 4.90 Å². The van der Waals surface area contributed by atoms with Crippen molar-refractivity contribution < 1.29 is 13.9 Å². The van der Waals surface area contributed by atoms with E-state index in [1.54, 1.807) is 4.90 Å². The van der Waals surface area contributed by atoms with Crippen molar-refractivity contribution in [3.63, 3.8) is 0 Å². The van der Waals surface area contributed by atoms with Gasteiger partial charge in [-0.25, -0.2) is 8.78 Å². The minimum absolute atomic E-state index is 0.293. The fourth-order valence-electron chi connectivity index (χ4n) is 1.83. The Morgan fingerprint density at radius 1 is 1.20 bits per heavy atom. The number of hydrogen-bond acceptors (Lipinski definition) is 2. The first-order valence-corrected chi connectivity index (χ1v) is 5.05. The molecule has 1 heterocycles. The van der Waals surface area contributed by atoms with Crippen molar-refractivity contribution in [2.75, 3.05) is 18.0 Å². The molecular formula is C11H13F2NO. The highest BCUT2D eigenvalue weighted by molar-refractivity contribution is 5.48. The molecule has 0 atom stereocenters. The Bertz CT molecular complexity index is 348. The van der Waals surface area contributed by atoms with Gasteiger partial charge in [-0.3, -0.25) is 0 Å². The topological polar surface area (TPSA) is 23.5 Å². The van der Waals surface area contributed by atoms with E-state index >= 15 is 0 Å². The molecule has 4 heteroatoms. The lowest BCUT2D eigenvalue weighted by Crippen LogP contribution is -2.36. The third kappa shape index (κ3) is 2.26. The summed E-state index contributed by atoms with van der Waals surface area (Å²) in [5.74, 6) is -0.842. The summed E-state index contributed by atoms with van der Waals surface area (Å²) in [7, 11) is 0. The molecular weight excluding hydrogens is 200 g/mol. The number of anilines is 1. The maximum absolute atomic E-state index is 13.4. The van der Waals surface area contributed by atoms with Gasteiger partial charge in [-0.2, -0.15) is 0 Å². The summed E-state index contributed by atoms with van der Waals surface area (Å²) in [5.41, 5.74) is 0.293. The predicted molar refractivity (Wildman–Crippen MR) is 53.8 cm³/mol. The Morgan fingerprint density at radius 2 is 1.87 bits per heavy atom. The number of aliphatic hydroxyl groups is 1. The molecule has 0 radical (unpaired) electrons. The van der Waals surface area contributed by atoms with Gasteiger partial charge < -0.3 is 10.0 Å². The van der Waals surface area contributed by atoms with E-state index in [0.29, 0.717) is 31.6 Å². The lowest BCUT2D eigenvalue weighted by Gasteiger charge is -2.31. The van der Waals surface area contributed by atoms with Crippen LogP contribution in [0, 0.1) is 11.6 Å². The summed E-state index contributed by atoms with van der Waals surface area (Å²) in [4.78, 5) is 1.77. The van der Waals surface area contributed by atoms with Gasteiger partial charge in [0.2, 0.25) is 0 Å². The molecule has 0 aliphatic carbocycles. The van der Waals surface area contributed by atoms with Crippen molar-refractivity contribution in [1.29, 1.82) is 0 Å². The Morgan fingerprint density at radius 3 is 2.53 bits per heavy atom. The highest BCUT2D eigenvalue weighted by atomic mass is 19.1. The molecule has 0 saturated carbocycles. The second-order valence-electron chi connectivity index (χ2n) is 3.81. The molecule has 1 saturated heterocycles. The molecule has 82 valence electrons. The summed E-state index contributed by atoms with van der Waals surface area (Å²) >= 11 is 0. The summed E-state index contributed by atoms with van der Waals surface area (Å²) < 4.78 is 26.3. The van der Waals surface area contributed by atoms with Crippen LogP contribution in [-0.2, 0) is 0 Å². The normalized spacial score (nSPS) is 18.2. The van der Waals surface area contributed by atoms with Gasteiger partial charge in [-0.15, -0.1) is 0 Å². The molecule has 0 amide bonds. The highest BCUT2D eigenvalue weighted by Crippen LogP contribution is 2.23. The maximum Gasteiger partial charge on any atom is 0.146 e. The SMILES string of the molecule is OC1CCN(c2cc(F)ccc2F)CC1. The summed E-state index contributed by atoms with van der Waals surface area (Å²) in [6, 6.07) is 3.44. The van der Waals surface area contributed by atoms with Gasteiger partial charge in [0.1, 0.15) is 11.6 Å². The molecule has 2 nitrogen and oxygen atoms in total. The molecule has 2 rings (SSSR count). The average Bonchev–Trinajstić information content (AvgIpc) is 2.23. The van der Waals surface area contributed by atoms with E-state index in [2.05, 4.69) is 0 Å². The number of halogens is 2. The van der Waals surface area contributed by atoms with Crippen LogP contribution in [0.25, 0.3) is 0 Å². The van der Waals surface area contributed by atoms with Gasteiger partial charge in [-0.05, 0) is 25.0 Å². The zero-order valence-corrected chi connectivity index (χ0v) is 8.29. The van der Waals surface area contributed by atoms with Crippen LogP contribution in [0.2, 0.25) is 0 Å². The molecule has 0 aromatic heterocycles. The number of piperidine rings is 1. The van der Waals surface area contributed by atoms with E-state index in [-0.39, 0.29) is 6.10 Å². The third-order valence-electron chi connectivity index (χ3n) is 2.71. The van der Waals surface area contributed by atoms with Crippen molar-refractivity contribution in [3.05, 3.63) is 29.8 Å².